The molecule has 0 spiro atoms. The molecule has 1 rings (SSSR count). The Morgan fingerprint density at radius 2 is 2.38 bits per heavy atom. The minimum atomic E-state index is -0.00398. The molecule has 16 heavy (non-hydrogen) atoms. The van der Waals surface area contributed by atoms with E-state index in [-0.39, 0.29) is 11.8 Å². The van der Waals surface area contributed by atoms with E-state index >= 15 is 0 Å². The Hall–Kier alpha value is -1.43. The molecule has 6 heteroatoms. The van der Waals surface area contributed by atoms with Crippen LogP contribution in [0.4, 0.5) is 0 Å². The van der Waals surface area contributed by atoms with Crippen LogP contribution in [0.1, 0.15) is 13.8 Å². The molecular formula is C10H19N5O. The minimum Gasteiger partial charge on any atom is -0.354 e. The second-order valence-electron chi connectivity index (χ2n) is 3.67. The van der Waals surface area contributed by atoms with Crippen LogP contribution >= 0.6 is 0 Å². The highest BCUT2D eigenvalue weighted by atomic mass is 16.1. The zero-order valence-corrected chi connectivity index (χ0v) is 9.81. The summed E-state index contributed by atoms with van der Waals surface area (Å²) in [6, 6.07) is 0. The van der Waals surface area contributed by atoms with Crippen molar-refractivity contribution in [2.75, 3.05) is 19.6 Å². The molecule has 0 aliphatic heterocycles. The lowest BCUT2D eigenvalue weighted by atomic mass is 10.1. The fraction of sp³-hybridized carbons (Fsp3) is 0.700. The van der Waals surface area contributed by atoms with Crippen molar-refractivity contribution in [3.8, 4) is 0 Å². The van der Waals surface area contributed by atoms with Crippen LogP contribution in [0.15, 0.2) is 12.4 Å². The molecular weight excluding hydrogens is 206 g/mol. The first kappa shape index (κ1) is 12.6. The van der Waals surface area contributed by atoms with Gasteiger partial charge in [0, 0.05) is 25.2 Å². The van der Waals surface area contributed by atoms with Crippen molar-refractivity contribution in [3.05, 3.63) is 12.4 Å². The molecule has 1 aromatic rings. The summed E-state index contributed by atoms with van der Waals surface area (Å²) in [5.74, 6) is 0.0664. The molecule has 0 saturated heterocycles. The van der Waals surface area contributed by atoms with Gasteiger partial charge in [0.15, 0.2) is 0 Å². The van der Waals surface area contributed by atoms with Gasteiger partial charge in [0.1, 0.15) is 0 Å². The molecule has 1 aromatic heterocycles. The highest BCUT2D eigenvalue weighted by Gasteiger charge is 2.10. The summed E-state index contributed by atoms with van der Waals surface area (Å²) in [6.45, 7) is 6.77. The third kappa shape index (κ3) is 4.39. The third-order valence-electron chi connectivity index (χ3n) is 2.26. The summed E-state index contributed by atoms with van der Waals surface area (Å²) in [6.07, 6.45) is 3.39. The molecule has 0 bridgehead atoms. The average Bonchev–Trinajstić information content (AvgIpc) is 2.78. The molecule has 0 aliphatic rings. The number of rotatable bonds is 7. The molecule has 0 aromatic carbocycles. The van der Waals surface area contributed by atoms with Crippen LogP contribution in [0, 0.1) is 5.92 Å². The van der Waals surface area contributed by atoms with Crippen molar-refractivity contribution >= 4 is 5.91 Å². The van der Waals surface area contributed by atoms with Gasteiger partial charge in [-0.2, -0.15) is 0 Å². The summed E-state index contributed by atoms with van der Waals surface area (Å²) in [7, 11) is 0. The van der Waals surface area contributed by atoms with Crippen LogP contribution in [0.5, 0.6) is 0 Å². The number of hydrogen-bond donors (Lipinski definition) is 2. The Balaban J connectivity index is 2.14. The van der Waals surface area contributed by atoms with Gasteiger partial charge < -0.3 is 10.6 Å². The zero-order valence-electron chi connectivity index (χ0n) is 9.81. The fourth-order valence-corrected chi connectivity index (χ4v) is 1.27. The molecule has 1 amide bonds. The monoisotopic (exact) mass is 225 g/mol. The van der Waals surface area contributed by atoms with Gasteiger partial charge in [-0.05, 0) is 6.54 Å². The van der Waals surface area contributed by atoms with Crippen LogP contribution in [0.2, 0.25) is 0 Å². The molecule has 1 atom stereocenters. The van der Waals surface area contributed by atoms with E-state index in [0.29, 0.717) is 19.6 Å². The predicted molar refractivity (Wildman–Crippen MR) is 60.7 cm³/mol. The number of aromatic nitrogens is 3. The molecule has 0 saturated carbocycles. The standard InChI is InChI=1S/C10H19N5O/c1-3-11-8-9(2)10(16)12-4-6-15-7-5-13-14-15/h5,7,9,11H,3-4,6,8H2,1-2H3,(H,12,16). The maximum Gasteiger partial charge on any atom is 0.224 e. The van der Waals surface area contributed by atoms with Crippen LogP contribution in [0.25, 0.3) is 0 Å². The lowest BCUT2D eigenvalue weighted by molar-refractivity contribution is -0.124. The number of nitrogens with one attached hydrogen (secondary N) is 2. The van der Waals surface area contributed by atoms with Crippen molar-refractivity contribution < 1.29 is 4.79 Å². The van der Waals surface area contributed by atoms with Gasteiger partial charge in [0.25, 0.3) is 0 Å². The number of hydrogen-bond acceptors (Lipinski definition) is 4. The average molecular weight is 225 g/mol. The first-order chi connectivity index (χ1) is 7.74. The van der Waals surface area contributed by atoms with Gasteiger partial charge >= 0.3 is 0 Å². The fourth-order valence-electron chi connectivity index (χ4n) is 1.27. The summed E-state index contributed by atoms with van der Waals surface area (Å²) < 4.78 is 1.69. The van der Waals surface area contributed by atoms with Crippen LogP contribution in [-0.4, -0.2) is 40.5 Å². The predicted octanol–water partition coefficient (Wildman–Crippen LogP) is -0.360. The molecule has 0 radical (unpaired) electrons. The van der Waals surface area contributed by atoms with E-state index in [4.69, 9.17) is 0 Å². The minimum absolute atomic E-state index is 0.00398. The first-order valence-corrected chi connectivity index (χ1v) is 5.56. The number of amides is 1. The molecule has 6 nitrogen and oxygen atoms in total. The van der Waals surface area contributed by atoms with Gasteiger partial charge in [-0.25, -0.2) is 0 Å². The van der Waals surface area contributed by atoms with Crippen molar-refractivity contribution in [1.82, 2.24) is 25.6 Å². The Morgan fingerprint density at radius 3 is 3.00 bits per heavy atom. The lowest BCUT2D eigenvalue weighted by Gasteiger charge is -2.12. The summed E-state index contributed by atoms with van der Waals surface area (Å²) in [5, 5.41) is 13.5. The van der Waals surface area contributed by atoms with E-state index in [1.165, 1.54) is 0 Å². The van der Waals surface area contributed by atoms with Crippen LogP contribution in [-0.2, 0) is 11.3 Å². The van der Waals surface area contributed by atoms with Gasteiger partial charge in [-0.1, -0.05) is 19.1 Å². The van der Waals surface area contributed by atoms with Crippen molar-refractivity contribution in [3.63, 3.8) is 0 Å². The first-order valence-electron chi connectivity index (χ1n) is 5.56. The second-order valence-corrected chi connectivity index (χ2v) is 3.67. The van der Waals surface area contributed by atoms with E-state index in [0.717, 1.165) is 6.54 Å². The Bertz CT molecular complexity index is 298. The summed E-state index contributed by atoms with van der Waals surface area (Å²) in [5.41, 5.74) is 0. The Morgan fingerprint density at radius 1 is 1.56 bits per heavy atom. The SMILES string of the molecule is CCNCC(C)C(=O)NCCn1ccnn1. The molecule has 90 valence electrons. The highest BCUT2D eigenvalue weighted by molar-refractivity contribution is 5.78. The van der Waals surface area contributed by atoms with Gasteiger partial charge in [0.2, 0.25) is 5.91 Å². The van der Waals surface area contributed by atoms with E-state index in [1.54, 1.807) is 17.1 Å². The molecule has 0 fully saturated rings. The number of carbonyl (C=O) groups excluding carboxylic acids is 1. The maximum absolute atomic E-state index is 11.6. The number of nitrogens with zero attached hydrogens (tertiary/aromatic N) is 3. The van der Waals surface area contributed by atoms with E-state index in [2.05, 4.69) is 20.9 Å². The Labute approximate surface area is 95.4 Å². The quantitative estimate of drug-likeness (QED) is 0.665. The van der Waals surface area contributed by atoms with Crippen LogP contribution < -0.4 is 10.6 Å². The van der Waals surface area contributed by atoms with Gasteiger partial charge in [0.05, 0.1) is 12.7 Å². The second kappa shape index (κ2) is 6.95. The maximum atomic E-state index is 11.6. The van der Waals surface area contributed by atoms with E-state index in [9.17, 15) is 4.79 Å². The topological polar surface area (TPSA) is 71.8 Å². The normalized spacial score (nSPS) is 12.4. The highest BCUT2D eigenvalue weighted by Crippen LogP contribution is 1.92. The lowest BCUT2D eigenvalue weighted by Crippen LogP contribution is -2.36. The summed E-state index contributed by atoms with van der Waals surface area (Å²) in [4.78, 5) is 11.6. The summed E-state index contributed by atoms with van der Waals surface area (Å²) >= 11 is 0. The van der Waals surface area contributed by atoms with Crippen molar-refractivity contribution in [2.24, 2.45) is 5.92 Å². The largest absolute Gasteiger partial charge is 0.354 e. The molecule has 1 heterocycles. The zero-order chi connectivity index (χ0) is 11.8. The van der Waals surface area contributed by atoms with E-state index < -0.39 is 0 Å². The van der Waals surface area contributed by atoms with Crippen molar-refractivity contribution in [2.45, 2.75) is 20.4 Å². The smallest absolute Gasteiger partial charge is 0.224 e. The molecule has 1 unspecified atom stereocenters. The molecule has 2 N–H and O–H groups in total. The van der Waals surface area contributed by atoms with E-state index in [1.807, 2.05) is 13.8 Å². The van der Waals surface area contributed by atoms with Crippen molar-refractivity contribution in [1.29, 1.82) is 0 Å². The number of carbonyl (C=O) groups is 1. The third-order valence-corrected chi connectivity index (χ3v) is 2.26. The van der Waals surface area contributed by atoms with Gasteiger partial charge in [-0.3, -0.25) is 9.48 Å². The van der Waals surface area contributed by atoms with Crippen LogP contribution in [0.3, 0.4) is 0 Å². The Kier molecular flexibility index (Phi) is 5.49. The van der Waals surface area contributed by atoms with Gasteiger partial charge in [-0.15, -0.1) is 5.10 Å². The molecule has 0 aliphatic carbocycles.